The predicted octanol–water partition coefficient (Wildman–Crippen LogP) is 10.2. The molecule has 7 aromatic rings. The van der Waals surface area contributed by atoms with E-state index in [1.807, 2.05) is 60.8 Å². The Balaban J connectivity index is 0.000000303. The van der Waals surface area contributed by atoms with Gasteiger partial charge in [0.25, 0.3) is 0 Å². The molecule has 7 rings (SSSR count). The fraction of sp³-hybridized carbons (Fsp3) is 0.195. The fourth-order valence-electron chi connectivity index (χ4n) is 5.39. The van der Waals surface area contributed by atoms with E-state index in [-0.39, 0.29) is 31.2 Å². The van der Waals surface area contributed by atoms with Crippen molar-refractivity contribution in [3.8, 4) is 22.5 Å². The number of hydrogen-bond donors (Lipinski definition) is 0. The second-order valence-corrected chi connectivity index (χ2v) is 12.5. The number of hydrogen-bond acceptors (Lipinski definition) is 4. The van der Waals surface area contributed by atoms with Crippen molar-refractivity contribution < 1.29 is 28.6 Å². The molecule has 0 saturated heterocycles. The zero-order chi connectivity index (χ0) is 33.9. The first-order valence-electron chi connectivity index (χ1n) is 16.6. The monoisotopic (exact) mass is 783 g/mol. The maximum Gasteiger partial charge on any atom is 0.216 e. The van der Waals surface area contributed by atoms with Crippen LogP contribution in [-0.2, 0) is 32.9 Å². The van der Waals surface area contributed by atoms with E-state index >= 15 is 0 Å². The molecular weight excluding hydrogens is 743 g/mol. The third-order valence-electron chi connectivity index (χ3n) is 7.57. The Morgan fingerprint density at radius 1 is 0.804 bits per heavy atom. The Hall–Kier alpha value is -4.44. The molecule has 0 unspecified atom stereocenters. The quantitative estimate of drug-likeness (QED) is 0.163. The Bertz CT molecular complexity index is 2120. The summed E-state index contributed by atoms with van der Waals surface area (Å²) in [7, 11) is 0. The summed E-state index contributed by atoms with van der Waals surface area (Å²) in [6.45, 7) is 6.55. The molecule has 46 heavy (non-hydrogen) atoms. The number of rotatable bonds is 5. The Morgan fingerprint density at radius 2 is 1.61 bits per heavy atom. The normalized spacial score (nSPS) is 12.4. The first-order valence-corrected chi connectivity index (χ1v) is 15.1. The van der Waals surface area contributed by atoms with E-state index in [1.165, 1.54) is 22.8 Å². The van der Waals surface area contributed by atoms with Gasteiger partial charge in [-0.15, -0.1) is 54.1 Å². The molecule has 5 heteroatoms. The molecule has 3 aromatic carbocycles. The minimum Gasteiger partial charge on any atom is -0.486 e. The van der Waals surface area contributed by atoms with E-state index in [0.29, 0.717) is 11.3 Å². The molecule has 0 fully saturated rings. The summed E-state index contributed by atoms with van der Waals surface area (Å²) < 4.78 is 29.1. The molecule has 4 nitrogen and oxygen atoms in total. The largest absolute Gasteiger partial charge is 0.486 e. The standard InChI is InChI=1S/C30H29N2O.C11H8N.Ir/c1-19-18-31-27(16-23(19)15-21-10-12-22(13-11-21)17-30(3,4)5)26-8-6-7-24-25-14-9-20(2)32-29(25)33-28(24)26;1-2-6-10(7-3-1)11-8-4-5-9-12-11;/h6-7,9-14,16,18H,15,17H2,1-5H3;1-6,8-9H;/q2*-1;/i2D3;;. The Morgan fingerprint density at radius 3 is 2.33 bits per heavy atom. The maximum atomic E-state index is 7.66. The third-order valence-corrected chi connectivity index (χ3v) is 7.57. The molecule has 1 radical (unpaired) electrons. The van der Waals surface area contributed by atoms with E-state index in [2.05, 4.69) is 85.1 Å². The van der Waals surface area contributed by atoms with Crippen LogP contribution in [0.2, 0.25) is 0 Å². The van der Waals surface area contributed by atoms with Crippen molar-refractivity contribution in [2.45, 2.75) is 47.4 Å². The first-order chi connectivity index (χ1) is 22.9. The van der Waals surface area contributed by atoms with E-state index < -0.39 is 6.85 Å². The van der Waals surface area contributed by atoms with Gasteiger partial charge in [-0.25, -0.2) is 4.98 Å². The van der Waals surface area contributed by atoms with Gasteiger partial charge in [0.15, 0.2) is 0 Å². The van der Waals surface area contributed by atoms with Crippen LogP contribution in [0.5, 0.6) is 0 Å². The van der Waals surface area contributed by atoms with Gasteiger partial charge in [0, 0.05) is 47.7 Å². The minimum absolute atomic E-state index is 0. The van der Waals surface area contributed by atoms with Gasteiger partial charge >= 0.3 is 0 Å². The van der Waals surface area contributed by atoms with E-state index in [1.54, 1.807) is 12.3 Å². The van der Waals surface area contributed by atoms with Gasteiger partial charge < -0.3 is 14.4 Å². The zero-order valence-corrected chi connectivity index (χ0v) is 28.8. The Kier molecular flexibility index (Phi) is 9.03. The summed E-state index contributed by atoms with van der Waals surface area (Å²) in [6, 6.07) is 38.1. The number of furan rings is 1. The summed E-state index contributed by atoms with van der Waals surface area (Å²) in [5.74, 6) is 0. The van der Waals surface area contributed by atoms with Crippen LogP contribution in [-0.4, -0.2) is 15.0 Å². The summed E-state index contributed by atoms with van der Waals surface area (Å²) >= 11 is 0. The molecule has 4 heterocycles. The topological polar surface area (TPSA) is 51.8 Å². The van der Waals surface area contributed by atoms with Crippen molar-refractivity contribution in [1.82, 2.24) is 15.0 Å². The fourth-order valence-corrected chi connectivity index (χ4v) is 5.39. The van der Waals surface area contributed by atoms with Crippen molar-refractivity contribution in [2.75, 3.05) is 0 Å². The number of fused-ring (bicyclic) bond motifs is 3. The number of aromatic nitrogens is 3. The molecular formula is C41H37IrN3O-2. The van der Waals surface area contributed by atoms with Crippen LogP contribution >= 0.6 is 0 Å². The van der Waals surface area contributed by atoms with Crippen LogP contribution < -0.4 is 0 Å². The average molecular weight is 783 g/mol. The van der Waals surface area contributed by atoms with Gasteiger partial charge in [0.1, 0.15) is 0 Å². The molecule has 0 atom stereocenters. The molecule has 0 bridgehead atoms. The molecule has 0 aliphatic rings. The van der Waals surface area contributed by atoms with Gasteiger partial charge in [-0.2, -0.15) is 0 Å². The van der Waals surface area contributed by atoms with Crippen molar-refractivity contribution in [3.63, 3.8) is 0 Å². The molecule has 4 aromatic heterocycles. The van der Waals surface area contributed by atoms with Crippen molar-refractivity contribution in [1.29, 1.82) is 0 Å². The summed E-state index contributed by atoms with van der Waals surface area (Å²) in [4.78, 5) is 13.2. The van der Waals surface area contributed by atoms with Crippen molar-refractivity contribution in [2.24, 2.45) is 5.41 Å². The smallest absolute Gasteiger partial charge is 0.216 e. The van der Waals surface area contributed by atoms with Gasteiger partial charge in [-0.3, -0.25) is 0 Å². The van der Waals surface area contributed by atoms with Crippen LogP contribution in [0.15, 0.2) is 114 Å². The molecule has 0 aliphatic carbocycles. The van der Waals surface area contributed by atoms with Crippen LogP contribution in [0.3, 0.4) is 0 Å². The van der Waals surface area contributed by atoms with Crippen LogP contribution in [0.25, 0.3) is 44.6 Å². The maximum absolute atomic E-state index is 7.66. The molecule has 0 saturated carbocycles. The van der Waals surface area contributed by atoms with E-state index in [4.69, 9.17) is 8.53 Å². The van der Waals surface area contributed by atoms with Crippen molar-refractivity contribution >= 4 is 22.1 Å². The van der Waals surface area contributed by atoms with Gasteiger partial charge in [-0.05, 0) is 83.9 Å². The van der Waals surface area contributed by atoms with Gasteiger partial charge in [-0.1, -0.05) is 74.2 Å². The number of aryl methyl sites for hydroxylation is 2. The number of nitrogens with zero attached hydrogens (tertiary/aromatic N) is 3. The summed E-state index contributed by atoms with van der Waals surface area (Å²) in [5.41, 5.74) is 9.61. The van der Waals surface area contributed by atoms with Crippen LogP contribution in [0.4, 0.5) is 0 Å². The molecule has 233 valence electrons. The minimum atomic E-state index is -2.29. The second kappa shape index (κ2) is 14.3. The molecule has 0 amide bonds. The number of benzene rings is 3. The average Bonchev–Trinajstić information content (AvgIpc) is 3.45. The first kappa shape index (κ1) is 29.0. The third kappa shape index (κ3) is 7.85. The second-order valence-electron chi connectivity index (χ2n) is 12.5. The van der Waals surface area contributed by atoms with Gasteiger partial charge in [0.05, 0.1) is 5.58 Å². The Labute approximate surface area is 289 Å². The van der Waals surface area contributed by atoms with Crippen molar-refractivity contribution in [3.05, 3.63) is 150 Å². The van der Waals surface area contributed by atoms with E-state index in [0.717, 1.165) is 51.7 Å². The zero-order valence-electron chi connectivity index (χ0n) is 29.4. The number of pyridine rings is 3. The predicted molar refractivity (Wildman–Crippen MR) is 184 cm³/mol. The molecule has 0 aliphatic heterocycles. The molecule has 0 spiro atoms. The van der Waals surface area contributed by atoms with E-state index in [9.17, 15) is 0 Å². The summed E-state index contributed by atoms with van der Waals surface area (Å²) in [6.07, 6.45) is 5.53. The van der Waals surface area contributed by atoms with Gasteiger partial charge in [0.2, 0.25) is 5.71 Å². The van der Waals surface area contributed by atoms with Crippen LogP contribution in [0.1, 0.15) is 52.8 Å². The van der Waals surface area contributed by atoms with Crippen LogP contribution in [0, 0.1) is 31.3 Å². The molecule has 0 N–H and O–H groups in total. The SMILES string of the molecule is [2H]C([2H])([2H])c1ccc2c(n1)oc1c(-c3cc(Cc4ccc(CC(C)(C)C)cc4)c(C)cn3)[c-]ccc12.[Ir].[c-]1ccccc1-c1ccccn1. The summed E-state index contributed by atoms with van der Waals surface area (Å²) in [5, 5.41) is 1.64.